The smallest absolute Gasteiger partial charge is 0.228 e. The minimum atomic E-state index is -5.92. The number of hydrogen-bond acceptors (Lipinski definition) is 2. The predicted octanol–water partition coefficient (Wildman–Crippen LogP) is 9.47. The Kier molecular flexibility index (Phi) is 16.1. The molecule has 0 spiro atoms. The van der Waals surface area contributed by atoms with Crippen molar-refractivity contribution in [3.05, 3.63) is 0 Å². The number of hydrogen-bond donors (Lipinski definition) is 0. The third-order valence-corrected chi connectivity index (χ3v) is 9.47. The maximum atomic E-state index is 13.6. The Morgan fingerprint density at radius 1 is 0.486 bits per heavy atom. The van der Waals surface area contributed by atoms with Crippen molar-refractivity contribution < 1.29 is 52.3 Å². The van der Waals surface area contributed by atoms with E-state index in [4.69, 9.17) is 23.2 Å². The van der Waals surface area contributed by atoms with Crippen LogP contribution in [0.4, 0.5) is 43.9 Å². The zero-order valence-corrected chi connectivity index (χ0v) is 22.6. The molecule has 0 heterocycles. The number of halogens is 12. The Morgan fingerprint density at radius 2 is 0.784 bits per heavy atom. The van der Waals surface area contributed by atoms with Crippen molar-refractivity contribution in [2.45, 2.75) is 125 Å². The molecule has 0 rings (SSSR count). The van der Waals surface area contributed by atoms with Crippen LogP contribution in [-0.4, -0.2) is 54.9 Å². The van der Waals surface area contributed by atoms with Crippen LogP contribution in [0.3, 0.4) is 0 Å². The summed E-state index contributed by atoms with van der Waals surface area (Å²) in [7, 11) is -4.64. The van der Waals surface area contributed by atoms with Crippen molar-refractivity contribution in [1.29, 1.82) is 0 Å². The van der Waals surface area contributed by atoms with E-state index in [0.29, 0.717) is 50.3 Å². The molecule has 0 saturated heterocycles. The van der Waals surface area contributed by atoms with Gasteiger partial charge in [0.25, 0.3) is 0 Å². The summed E-state index contributed by atoms with van der Waals surface area (Å²) in [5.41, 5.74) is 0. The predicted molar refractivity (Wildman–Crippen MR) is 125 cm³/mol. The van der Waals surface area contributed by atoms with E-state index in [1.165, 1.54) is 0 Å². The molecular formula is C22H34Cl2F10O2S. The largest absolute Gasteiger partial charge is 0.453 e. The van der Waals surface area contributed by atoms with Crippen molar-refractivity contribution in [3.63, 3.8) is 0 Å². The van der Waals surface area contributed by atoms with Gasteiger partial charge in [0.15, 0.2) is 9.84 Å². The van der Waals surface area contributed by atoms with Crippen LogP contribution in [0.5, 0.6) is 0 Å². The Hall–Kier alpha value is -0.170. The number of sulfone groups is 1. The lowest BCUT2D eigenvalue weighted by molar-refractivity contribution is -0.284. The molecule has 0 aliphatic carbocycles. The molecule has 0 bridgehead atoms. The quantitative estimate of drug-likeness (QED) is 0.0770. The highest BCUT2D eigenvalue weighted by Crippen LogP contribution is 2.42. The van der Waals surface area contributed by atoms with Gasteiger partial charge < -0.3 is 0 Å². The molecule has 37 heavy (non-hydrogen) atoms. The lowest BCUT2D eigenvalue weighted by atomic mass is 10.0. The molecule has 2 atom stereocenters. The van der Waals surface area contributed by atoms with E-state index < -0.39 is 70.2 Å². The zero-order chi connectivity index (χ0) is 29.0. The molecule has 0 radical (unpaired) electrons. The monoisotopic (exact) mass is 622 g/mol. The van der Waals surface area contributed by atoms with Crippen molar-refractivity contribution in [2.24, 2.45) is 0 Å². The van der Waals surface area contributed by atoms with E-state index >= 15 is 0 Å². The van der Waals surface area contributed by atoms with Gasteiger partial charge in [-0.3, -0.25) is 0 Å². The van der Waals surface area contributed by atoms with Gasteiger partial charge >= 0.3 is 24.2 Å². The van der Waals surface area contributed by atoms with Gasteiger partial charge in [-0.05, 0) is 38.5 Å². The van der Waals surface area contributed by atoms with E-state index in [1.807, 2.05) is 0 Å². The van der Waals surface area contributed by atoms with Gasteiger partial charge in [0, 0.05) is 24.6 Å². The maximum Gasteiger partial charge on any atom is 0.453 e. The first-order valence-electron chi connectivity index (χ1n) is 12.1. The molecule has 0 aliphatic rings. The molecule has 0 aliphatic heterocycles. The maximum absolute atomic E-state index is 13.6. The first-order chi connectivity index (χ1) is 16.8. The van der Waals surface area contributed by atoms with E-state index in [2.05, 4.69) is 0 Å². The second-order valence-corrected chi connectivity index (χ2v) is 12.4. The van der Waals surface area contributed by atoms with Gasteiger partial charge in [-0.15, -0.1) is 23.2 Å². The fourth-order valence-corrected chi connectivity index (χ4v) is 6.63. The molecule has 2 unspecified atom stereocenters. The lowest BCUT2D eigenvalue weighted by Gasteiger charge is -2.28. The van der Waals surface area contributed by atoms with Gasteiger partial charge in [-0.25, -0.2) is 8.42 Å². The molecule has 2 nitrogen and oxygen atoms in total. The first kappa shape index (κ1) is 36.8. The molecule has 0 amide bonds. The summed E-state index contributed by atoms with van der Waals surface area (Å²) in [5, 5.41) is -3.49. The van der Waals surface area contributed by atoms with Crippen molar-refractivity contribution in [2.75, 3.05) is 11.8 Å². The topological polar surface area (TPSA) is 34.1 Å². The highest BCUT2D eigenvalue weighted by molar-refractivity contribution is 7.92. The third-order valence-electron chi connectivity index (χ3n) is 6.14. The highest BCUT2D eigenvalue weighted by atomic mass is 35.5. The number of rotatable bonds is 20. The van der Waals surface area contributed by atoms with Crippen LogP contribution in [0.2, 0.25) is 0 Å². The Labute approximate surface area is 221 Å². The van der Waals surface area contributed by atoms with Gasteiger partial charge in [-0.2, -0.15) is 43.9 Å². The SMILES string of the molecule is O=S(=O)(C(CCCCCCCl)CCC(F)(F)C(F)(F)F)C(CCCCCCCl)CCC(F)(F)C(F)(F)F. The van der Waals surface area contributed by atoms with E-state index in [-0.39, 0.29) is 25.7 Å². The van der Waals surface area contributed by atoms with Crippen LogP contribution in [0.15, 0.2) is 0 Å². The lowest BCUT2D eigenvalue weighted by Crippen LogP contribution is -2.41. The molecule has 0 aromatic rings. The first-order valence-corrected chi connectivity index (χ1v) is 14.7. The van der Waals surface area contributed by atoms with E-state index in [1.54, 1.807) is 0 Å². The average Bonchev–Trinajstić information content (AvgIpc) is 2.75. The van der Waals surface area contributed by atoms with E-state index in [0.717, 1.165) is 0 Å². The standard InChI is InChI=1S/C22H34Cl2F10O2S/c23-15-7-3-1-5-9-17(11-13-19(25,26)21(29,30)31)37(35,36)18(10-6-2-4-8-16-24)12-14-20(27,28)22(32,33)34/h17-18H,1-16H2. The zero-order valence-electron chi connectivity index (χ0n) is 20.2. The Bertz CT molecular complexity index is 674. The average molecular weight is 623 g/mol. The summed E-state index contributed by atoms with van der Waals surface area (Å²) < 4.78 is 157. The van der Waals surface area contributed by atoms with Crippen LogP contribution in [-0.2, 0) is 9.84 Å². The minimum absolute atomic E-state index is 0.125. The van der Waals surface area contributed by atoms with Crippen LogP contribution in [0.1, 0.15) is 89.9 Å². The van der Waals surface area contributed by atoms with Crippen molar-refractivity contribution >= 4 is 33.0 Å². The molecular weight excluding hydrogens is 589 g/mol. The third kappa shape index (κ3) is 13.2. The minimum Gasteiger partial charge on any atom is -0.228 e. The summed E-state index contributed by atoms with van der Waals surface area (Å²) >= 11 is 11.1. The molecule has 0 N–H and O–H groups in total. The fraction of sp³-hybridized carbons (Fsp3) is 1.00. The van der Waals surface area contributed by atoms with Crippen LogP contribution >= 0.6 is 23.2 Å². The number of unbranched alkanes of at least 4 members (excludes halogenated alkanes) is 6. The molecule has 0 saturated carbocycles. The molecule has 0 aromatic heterocycles. The van der Waals surface area contributed by atoms with Crippen LogP contribution in [0, 0.1) is 0 Å². The summed E-state index contributed by atoms with van der Waals surface area (Å²) in [4.78, 5) is 0. The molecule has 0 aromatic carbocycles. The van der Waals surface area contributed by atoms with Gasteiger partial charge in [-0.1, -0.05) is 38.5 Å². The van der Waals surface area contributed by atoms with Crippen LogP contribution < -0.4 is 0 Å². The van der Waals surface area contributed by atoms with Crippen LogP contribution in [0.25, 0.3) is 0 Å². The van der Waals surface area contributed by atoms with Crippen molar-refractivity contribution in [3.8, 4) is 0 Å². The summed E-state index contributed by atoms with van der Waals surface area (Å²) in [5.74, 6) is -9.75. The molecule has 224 valence electrons. The van der Waals surface area contributed by atoms with Gasteiger partial charge in [0.1, 0.15) is 0 Å². The summed E-state index contributed by atoms with van der Waals surface area (Å²) in [6.45, 7) is 0. The number of alkyl halides is 12. The Balaban J connectivity index is 5.85. The normalized spacial score (nSPS) is 15.7. The second-order valence-electron chi connectivity index (χ2n) is 9.10. The van der Waals surface area contributed by atoms with Gasteiger partial charge in [0.05, 0.1) is 10.5 Å². The second kappa shape index (κ2) is 16.2. The summed E-state index contributed by atoms with van der Waals surface area (Å²) in [6.07, 6.45) is -15.2. The van der Waals surface area contributed by atoms with E-state index in [9.17, 15) is 52.3 Å². The fourth-order valence-electron chi connectivity index (χ4n) is 3.83. The van der Waals surface area contributed by atoms with Crippen molar-refractivity contribution in [1.82, 2.24) is 0 Å². The Morgan fingerprint density at radius 3 is 1.05 bits per heavy atom. The van der Waals surface area contributed by atoms with Gasteiger partial charge in [0.2, 0.25) is 0 Å². The molecule has 15 heteroatoms. The highest BCUT2D eigenvalue weighted by Gasteiger charge is 2.58. The summed E-state index contributed by atoms with van der Waals surface area (Å²) in [6, 6.07) is 0. The molecule has 0 fully saturated rings.